The van der Waals surface area contributed by atoms with E-state index in [0.717, 1.165) is 16.8 Å². The van der Waals surface area contributed by atoms with Crippen molar-refractivity contribution in [1.29, 1.82) is 0 Å². The summed E-state index contributed by atoms with van der Waals surface area (Å²) in [5, 5.41) is 38.2. The highest BCUT2D eigenvalue weighted by atomic mass is 16.6. The molecule has 0 amide bonds. The Kier molecular flexibility index (Phi) is 12.2. The summed E-state index contributed by atoms with van der Waals surface area (Å²) in [6.07, 6.45) is -1.70. The van der Waals surface area contributed by atoms with E-state index in [-0.39, 0.29) is 36.6 Å². The number of methoxy groups -OCH3 is 1. The van der Waals surface area contributed by atoms with Gasteiger partial charge < -0.3 is 35.1 Å². The van der Waals surface area contributed by atoms with Crippen molar-refractivity contribution in [3.05, 3.63) is 128 Å². The van der Waals surface area contributed by atoms with Crippen molar-refractivity contribution in [2.45, 2.75) is 45.0 Å². The second-order valence-corrected chi connectivity index (χ2v) is 11.1. The van der Waals surface area contributed by atoms with Crippen LogP contribution in [0.5, 0.6) is 0 Å². The van der Waals surface area contributed by atoms with Gasteiger partial charge in [-0.1, -0.05) is 54.6 Å². The lowest BCUT2D eigenvalue weighted by Crippen LogP contribution is -2.36. The molecule has 47 heavy (non-hydrogen) atoms. The summed E-state index contributed by atoms with van der Waals surface area (Å²) >= 11 is 0. The van der Waals surface area contributed by atoms with Crippen LogP contribution in [0.25, 0.3) is 0 Å². The molecule has 1 aliphatic rings. The molecule has 0 saturated heterocycles. The van der Waals surface area contributed by atoms with Gasteiger partial charge in [-0.15, -0.1) is 0 Å². The summed E-state index contributed by atoms with van der Waals surface area (Å²) in [6.45, 7) is 3.83. The zero-order valence-corrected chi connectivity index (χ0v) is 26.5. The average Bonchev–Trinajstić information content (AvgIpc) is 3.07. The van der Waals surface area contributed by atoms with Gasteiger partial charge in [-0.3, -0.25) is 10.1 Å². The van der Waals surface area contributed by atoms with Gasteiger partial charge in [-0.2, -0.15) is 0 Å². The van der Waals surface area contributed by atoms with Crippen molar-refractivity contribution in [1.82, 2.24) is 5.32 Å². The minimum atomic E-state index is -1.06. The average molecular weight is 646 g/mol. The van der Waals surface area contributed by atoms with E-state index in [2.05, 4.69) is 10.6 Å². The van der Waals surface area contributed by atoms with Crippen molar-refractivity contribution in [3.8, 4) is 0 Å². The lowest BCUT2D eigenvalue weighted by molar-refractivity contribution is -0.384. The van der Waals surface area contributed by atoms with E-state index in [1.807, 2.05) is 54.6 Å². The Labute approximate surface area is 272 Å². The number of aliphatic hydroxyl groups excluding tert-OH is 2. The number of esters is 2. The van der Waals surface area contributed by atoms with Crippen LogP contribution in [0.4, 0.5) is 11.4 Å². The zero-order valence-electron chi connectivity index (χ0n) is 26.5. The fraction of sp³-hybridized carbons (Fsp3) is 0.314. The maximum absolute atomic E-state index is 13.5. The molecule has 1 heterocycles. The molecule has 0 saturated carbocycles. The fourth-order valence-electron chi connectivity index (χ4n) is 5.27. The van der Waals surface area contributed by atoms with Gasteiger partial charge in [0, 0.05) is 42.2 Å². The lowest BCUT2D eigenvalue weighted by atomic mass is 9.80. The molecule has 0 bridgehead atoms. The van der Waals surface area contributed by atoms with Crippen LogP contribution >= 0.6 is 0 Å². The number of non-ortho nitro benzene ring substituents is 1. The molecule has 3 aromatic carbocycles. The number of nitro groups is 1. The second kappa shape index (κ2) is 16.5. The number of dihydropyridines is 1. The normalized spacial score (nSPS) is 15.8. The van der Waals surface area contributed by atoms with Crippen LogP contribution in [0.2, 0.25) is 0 Å². The number of hydrogen-bond acceptors (Lipinski definition) is 11. The molecule has 12 heteroatoms. The summed E-state index contributed by atoms with van der Waals surface area (Å²) in [5.74, 6) is -2.28. The third kappa shape index (κ3) is 9.26. The maximum Gasteiger partial charge on any atom is 0.336 e. The predicted octanol–water partition coefficient (Wildman–Crippen LogP) is 4.14. The van der Waals surface area contributed by atoms with Crippen molar-refractivity contribution < 1.29 is 38.9 Å². The van der Waals surface area contributed by atoms with Crippen molar-refractivity contribution in [3.63, 3.8) is 0 Å². The van der Waals surface area contributed by atoms with Crippen LogP contribution in [-0.2, 0) is 36.8 Å². The molecule has 0 radical (unpaired) electrons. The number of rotatable bonds is 15. The number of nitro benzene ring substituents is 1. The molecular formula is C35H39N3O9. The maximum atomic E-state index is 13.5. The summed E-state index contributed by atoms with van der Waals surface area (Å²) in [7, 11) is 1.23. The molecule has 248 valence electrons. The third-order valence-corrected chi connectivity index (χ3v) is 7.74. The lowest BCUT2D eigenvalue weighted by Gasteiger charge is -2.30. The standard InChI is InChI=1S/C35H39N3O9/c1-22-31(34(41)45-3)33(26-10-7-11-28(18-26)38(43)44)32(23(2)37-22)35(42)47-17-16-24-12-14-27(15-13-24)36-19-29(39)30(40)21-46-20-25-8-5-4-6-9-25/h4-15,18,29-30,33,36-37,39-40H,16-17,19-21H2,1-3H3. The predicted molar refractivity (Wildman–Crippen MR) is 174 cm³/mol. The van der Waals surface area contributed by atoms with Crippen LogP contribution in [0.15, 0.2) is 101 Å². The minimum absolute atomic E-state index is 0.00615. The molecule has 0 aromatic heterocycles. The van der Waals surface area contributed by atoms with Gasteiger partial charge in [0.2, 0.25) is 0 Å². The monoisotopic (exact) mass is 645 g/mol. The highest BCUT2D eigenvalue weighted by molar-refractivity contribution is 5.99. The molecule has 0 spiro atoms. The minimum Gasteiger partial charge on any atom is -0.466 e. The SMILES string of the molecule is COC(=O)C1=C(C)NC(C)=C(C(=O)OCCc2ccc(NCC(O)C(O)COCc3ccccc3)cc2)C1c1cccc([N+](=O)[O-])c1. The smallest absolute Gasteiger partial charge is 0.336 e. The molecule has 1 aliphatic heterocycles. The summed E-state index contributed by atoms with van der Waals surface area (Å²) < 4.78 is 16.1. The molecule has 3 atom stereocenters. The molecule has 4 N–H and O–H groups in total. The first-order valence-corrected chi connectivity index (χ1v) is 15.1. The van der Waals surface area contributed by atoms with E-state index < -0.39 is 35.0 Å². The second-order valence-electron chi connectivity index (χ2n) is 11.1. The van der Waals surface area contributed by atoms with Gasteiger partial charge in [-0.25, -0.2) is 9.59 Å². The van der Waals surface area contributed by atoms with Crippen molar-refractivity contribution in [2.75, 3.05) is 32.2 Å². The number of ether oxygens (including phenoxy) is 3. The number of carbonyl (C=O) groups is 2. The van der Waals surface area contributed by atoms with E-state index in [1.54, 1.807) is 19.9 Å². The Hall–Kier alpha value is -5.04. The molecule has 3 unspecified atom stereocenters. The summed E-state index contributed by atoms with van der Waals surface area (Å²) in [6, 6.07) is 22.7. The van der Waals surface area contributed by atoms with Gasteiger partial charge in [-0.05, 0) is 42.7 Å². The largest absolute Gasteiger partial charge is 0.466 e. The van der Waals surface area contributed by atoms with Crippen LogP contribution in [-0.4, -0.2) is 66.2 Å². The van der Waals surface area contributed by atoms with E-state index >= 15 is 0 Å². The quantitative estimate of drug-likeness (QED) is 0.106. The first-order valence-electron chi connectivity index (χ1n) is 15.1. The zero-order chi connectivity index (χ0) is 33.9. The molecule has 12 nitrogen and oxygen atoms in total. The summed E-state index contributed by atoms with van der Waals surface area (Å²) in [5.41, 5.74) is 4.03. The van der Waals surface area contributed by atoms with Gasteiger partial charge in [0.25, 0.3) is 5.69 Å². The van der Waals surface area contributed by atoms with Gasteiger partial charge in [0.1, 0.15) is 6.10 Å². The number of carbonyl (C=O) groups excluding carboxylic acids is 2. The van der Waals surface area contributed by atoms with Crippen molar-refractivity contribution in [2.24, 2.45) is 0 Å². The van der Waals surface area contributed by atoms with Crippen LogP contribution < -0.4 is 10.6 Å². The topological polar surface area (TPSA) is 169 Å². The number of aliphatic hydroxyl groups is 2. The van der Waals surface area contributed by atoms with E-state index in [9.17, 15) is 29.9 Å². The highest BCUT2D eigenvalue weighted by Gasteiger charge is 2.38. The van der Waals surface area contributed by atoms with E-state index in [0.29, 0.717) is 30.0 Å². The van der Waals surface area contributed by atoms with Gasteiger partial charge >= 0.3 is 11.9 Å². The number of allylic oxidation sites excluding steroid dienone is 2. The van der Waals surface area contributed by atoms with Crippen molar-refractivity contribution >= 4 is 23.3 Å². The number of hydrogen-bond donors (Lipinski definition) is 4. The highest BCUT2D eigenvalue weighted by Crippen LogP contribution is 2.40. The van der Waals surface area contributed by atoms with Crippen LogP contribution in [0.1, 0.15) is 36.5 Å². The Morgan fingerprint density at radius 3 is 2.26 bits per heavy atom. The number of nitrogens with one attached hydrogen (secondary N) is 2. The Morgan fingerprint density at radius 1 is 0.915 bits per heavy atom. The molecule has 3 aromatic rings. The van der Waals surface area contributed by atoms with E-state index in [4.69, 9.17) is 14.2 Å². The Bertz CT molecular complexity index is 1620. The molecule has 4 rings (SSSR count). The molecule has 0 aliphatic carbocycles. The first kappa shape index (κ1) is 34.8. The third-order valence-electron chi connectivity index (χ3n) is 7.74. The molecular weight excluding hydrogens is 606 g/mol. The number of benzene rings is 3. The van der Waals surface area contributed by atoms with Gasteiger partial charge in [0.15, 0.2) is 0 Å². The molecule has 0 fully saturated rings. The van der Waals surface area contributed by atoms with Crippen LogP contribution in [0, 0.1) is 10.1 Å². The van der Waals surface area contributed by atoms with Crippen LogP contribution in [0.3, 0.4) is 0 Å². The van der Waals surface area contributed by atoms with Gasteiger partial charge in [0.05, 0.1) is 55.0 Å². The number of nitrogens with zero attached hydrogens (tertiary/aromatic N) is 1. The summed E-state index contributed by atoms with van der Waals surface area (Å²) in [4.78, 5) is 37.2. The van der Waals surface area contributed by atoms with E-state index in [1.165, 1.54) is 25.3 Å². The Balaban J connectivity index is 1.32. The first-order chi connectivity index (χ1) is 22.6. The Morgan fingerprint density at radius 2 is 1.60 bits per heavy atom. The number of anilines is 1. The fourth-order valence-corrected chi connectivity index (χ4v) is 5.27.